The lowest BCUT2D eigenvalue weighted by Gasteiger charge is -2.28. The van der Waals surface area contributed by atoms with E-state index in [2.05, 4.69) is 38.0 Å². The molecule has 2 heteroatoms. The summed E-state index contributed by atoms with van der Waals surface area (Å²) in [5, 5.41) is 3.72. The van der Waals surface area contributed by atoms with Gasteiger partial charge in [-0.05, 0) is 52.2 Å². The molecule has 0 aliphatic heterocycles. The van der Waals surface area contributed by atoms with E-state index in [9.17, 15) is 0 Å². The summed E-state index contributed by atoms with van der Waals surface area (Å²) in [6.45, 7) is 9.36. The number of hydrogen-bond acceptors (Lipinski definition) is 2. The third kappa shape index (κ3) is 5.87. The average Bonchev–Trinajstić information content (AvgIpc) is 2.34. The Morgan fingerprint density at radius 2 is 1.76 bits per heavy atom. The minimum absolute atomic E-state index is 0.699. The fourth-order valence-electron chi connectivity index (χ4n) is 2.65. The normalized spacial score (nSPS) is 20.1. The standard InChI is InChI=1S/C15H32N2/c1-13(2)14(3)17(4)12-8-11-16-15-9-6-5-7-10-15/h13-16H,5-12H2,1-4H3. The van der Waals surface area contributed by atoms with Crippen LogP contribution in [-0.4, -0.2) is 37.1 Å². The summed E-state index contributed by atoms with van der Waals surface area (Å²) in [4.78, 5) is 2.49. The molecule has 0 amide bonds. The molecule has 2 nitrogen and oxygen atoms in total. The van der Waals surface area contributed by atoms with Gasteiger partial charge in [0.05, 0.1) is 0 Å². The molecular weight excluding hydrogens is 208 g/mol. The summed E-state index contributed by atoms with van der Waals surface area (Å²) in [5.74, 6) is 0.756. The second-order valence-electron chi connectivity index (χ2n) is 6.11. The van der Waals surface area contributed by atoms with E-state index in [0.29, 0.717) is 6.04 Å². The van der Waals surface area contributed by atoms with Crippen molar-refractivity contribution in [1.29, 1.82) is 0 Å². The van der Waals surface area contributed by atoms with Crippen molar-refractivity contribution >= 4 is 0 Å². The predicted octanol–water partition coefficient (Wildman–Crippen LogP) is 3.28. The number of hydrogen-bond donors (Lipinski definition) is 1. The van der Waals surface area contributed by atoms with Gasteiger partial charge in [0.25, 0.3) is 0 Å². The van der Waals surface area contributed by atoms with Crippen LogP contribution in [0.4, 0.5) is 0 Å². The number of nitrogens with zero attached hydrogens (tertiary/aromatic N) is 1. The highest BCUT2D eigenvalue weighted by molar-refractivity contribution is 4.72. The summed E-state index contributed by atoms with van der Waals surface area (Å²) in [7, 11) is 2.26. The molecule has 0 spiro atoms. The Kier molecular flexibility index (Phi) is 7.14. The Hall–Kier alpha value is -0.0800. The van der Waals surface area contributed by atoms with Crippen LogP contribution < -0.4 is 5.32 Å². The van der Waals surface area contributed by atoms with Gasteiger partial charge in [-0.15, -0.1) is 0 Å². The van der Waals surface area contributed by atoms with E-state index in [1.54, 1.807) is 0 Å². The fraction of sp³-hybridized carbons (Fsp3) is 1.00. The first-order chi connectivity index (χ1) is 8.11. The van der Waals surface area contributed by atoms with E-state index >= 15 is 0 Å². The highest BCUT2D eigenvalue weighted by Crippen LogP contribution is 2.17. The van der Waals surface area contributed by atoms with Gasteiger partial charge >= 0.3 is 0 Å². The smallest absolute Gasteiger partial charge is 0.00868 e. The first-order valence-electron chi connectivity index (χ1n) is 7.55. The van der Waals surface area contributed by atoms with Crippen molar-refractivity contribution in [2.75, 3.05) is 20.1 Å². The summed E-state index contributed by atoms with van der Waals surface area (Å²) >= 11 is 0. The molecule has 0 aromatic carbocycles. The van der Waals surface area contributed by atoms with Crippen molar-refractivity contribution in [1.82, 2.24) is 10.2 Å². The van der Waals surface area contributed by atoms with Crippen LogP contribution in [0.15, 0.2) is 0 Å². The van der Waals surface area contributed by atoms with E-state index in [1.165, 1.54) is 51.6 Å². The lowest BCUT2D eigenvalue weighted by molar-refractivity contribution is 0.204. The maximum absolute atomic E-state index is 3.72. The molecule has 0 radical (unpaired) electrons. The largest absolute Gasteiger partial charge is 0.314 e. The van der Waals surface area contributed by atoms with Gasteiger partial charge in [-0.3, -0.25) is 0 Å². The van der Waals surface area contributed by atoms with Gasteiger partial charge in [-0.25, -0.2) is 0 Å². The van der Waals surface area contributed by atoms with Gasteiger partial charge in [-0.1, -0.05) is 33.1 Å². The molecule has 0 heterocycles. The Balaban J connectivity index is 2.03. The lowest BCUT2D eigenvalue weighted by atomic mass is 9.95. The zero-order valence-electron chi connectivity index (χ0n) is 12.3. The summed E-state index contributed by atoms with van der Waals surface area (Å²) in [6, 6.07) is 1.52. The third-order valence-corrected chi connectivity index (χ3v) is 4.39. The van der Waals surface area contributed by atoms with Crippen molar-refractivity contribution in [3.05, 3.63) is 0 Å². The minimum atomic E-state index is 0.699. The van der Waals surface area contributed by atoms with Gasteiger partial charge < -0.3 is 10.2 Å². The van der Waals surface area contributed by atoms with Crippen LogP contribution in [0.25, 0.3) is 0 Å². The van der Waals surface area contributed by atoms with Crippen LogP contribution in [0.5, 0.6) is 0 Å². The number of rotatable bonds is 7. The van der Waals surface area contributed by atoms with Crippen LogP contribution in [0, 0.1) is 5.92 Å². The van der Waals surface area contributed by atoms with E-state index in [0.717, 1.165) is 12.0 Å². The Bertz CT molecular complexity index is 185. The molecular formula is C15H32N2. The zero-order chi connectivity index (χ0) is 12.7. The maximum atomic E-state index is 3.72. The molecule has 1 N–H and O–H groups in total. The predicted molar refractivity (Wildman–Crippen MR) is 76.4 cm³/mol. The average molecular weight is 240 g/mol. The lowest BCUT2D eigenvalue weighted by Crippen LogP contribution is -2.37. The molecule has 1 rings (SSSR count). The number of nitrogens with one attached hydrogen (secondary N) is 1. The molecule has 0 aromatic heterocycles. The van der Waals surface area contributed by atoms with Crippen LogP contribution >= 0.6 is 0 Å². The van der Waals surface area contributed by atoms with Crippen molar-refractivity contribution in [2.45, 2.75) is 71.4 Å². The van der Waals surface area contributed by atoms with E-state index in [-0.39, 0.29) is 0 Å². The second kappa shape index (κ2) is 8.10. The Morgan fingerprint density at radius 1 is 1.12 bits per heavy atom. The minimum Gasteiger partial charge on any atom is -0.314 e. The second-order valence-corrected chi connectivity index (χ2v) is 6.11. The summed E-state index contributed by atoms with van der Waals surface area (Å²) < 4.78 is 0. The molecule has 1 saturated carbocycles. The molecule has 102 valence electrons. The van der Waals surface area contributed by atoms with Gasteiger partial charge in [0, 0.05) is 12.1 Å². The molecule has 1 unspecified atom stereocenters. The van der Waals surface area contributed by atoms with Gasteiger partial charge in [-0.2, -0.15) is 0 Å². The molecule has 1 aliphatic carbocycles. The van der Waals surface area contributed by atoms with Gasteiger partial charge in [0.1, 0.15) is 0 Å². The maximum Gasteiger partial charge on any atom is 0.00868 e. The Morgan fingerprint density at radius 3 is 2.35 bits per heavy atom. The molecule has 1 atom stereocenters. The molecule has 1 fully saturated rings. The molecule has 17 heavy (non-hydrogen) atoms. The highest BCUT2D eigenvalue weighted by atomic mass is 15.1. The van der Waals surface area contributed by atoms with E-state index in [4.69, 9.17) is 0 Å². The van der Waals surface area contributed by atoms with Crippen molar-refractivity contribution in [2.24, 2.45) is 5.92 Å². The molecule has 1 aliphatic rings. The SMILES string of the molecule is CC(C)C(C)N(C)CCCNC1CCCCC1. The first kappa shape index (κ1) is 15.0. The Labute approximate surface area is 108 Å². The van der Waals surface area contributed by atoms with E-state index < -0.39 is 0 Å². The summed E-state index contributed by atoms with van der Waals surface area (Å²) in [6.07, 6.45) is 8.40. The molecule has 0 saturated heterocycles. The molecule has 0 aromatic rings. The van der Waals surface area contributed by atoms with Crippen LogP contribution in [-0.2, 0) is 0 Å². The van der Waals surface area contributed by atoms with Gasteiger partial charge in [0.15, 0.2) is 0 Å². The quantitative estimate of drug-likeness (QED) is 0.687. The fourth-order valence-corrected chi connectivity index (χ4v) is 2.65. The topological polar surface area (TPSA) is 15.3 Å². The zero-order valence-corrected chi connectivity index (χ0v) is 12.3. The third-order valence-electron chi connectivity index (χ3n) is 4.39. The van der Waals surface area contributed by atoms with Crippen molar-refractivity contribution in [3.63, 3.8) is 0 Å². The molecule has 0 bridgehead atoms. The van der Waals surface area contributed by atoms with Crippen molar-refractivity contribution in [3.8, 4) is 0 Å². The van der Waals surface area contributed by atoms with E-state index in [1.807, 2.05) is 0 Å². The van der Waals surface area contributed by atoms with Gasteiger partial charge in [0.2, 0.25) is 0 Å². The monoisotopic (exact) mass is 240 g/mol. The highest BCUT2D eigenvalue weighted by Gasteiger charge is 2.14. The van der Waals surface area contributed by atoms with Crippen LogP contribution in [0.3, 0.4) is 0 Å². The summed E-state index contributed by atoms with van der Waals surface area (Å²) in [5.41, 5.74) is 0. The van der Waals surface area contributed by atoms with Crippen molar-refractivity contribution < 1.29 is 0 Å². The first-order valence-corrected chi connectivity index (χ1v) is 7.55. The van der Waals surface area contributed by atoms with Crippen LogP contribution in [0.2, 0.25) is 0 Å². The van der Waals surface area contributed by atoms with Crippen LogP contribution in [0.1, 0.15) is 59.3 Å².